The van der Waals surface area contributed by atoms with Crippen molar-refractivity contribution < 1.29 is 33.3 Å². The van der Waals surface area contributed by atoms with Crippen LogP contribution in [-0.2, 0) is 48.6 Å². The summed E-state index contributed by atoms with van der Waals surface area (Å²) >= 11 is 0. The summed E-state index contributed by atoms with van der Waals surface area (Å²) in [6.07, 6.45) is 0.104. The van der Waals surface area contributed by atoms with E-state index < -0.39 is 22.9 Å². The van der Waals surface area contributed by atoms with Gasteiger partial charge in [0.2, 0.25) is 0 Å². The summed E-state index contributed by atoms with van der Waals surface area (Å²) in [5.74, 6) is 1.36. The molecule has 332 valence electrons. The Morgan fingerprint density at radius 3 is 2.02 bits per heavy atom. The fourth-order valence-electron chi connectivity index (χ4n) is 10.3. The van der Waals surface area contributed by atoms with E-state index in [2.05, 4.69) is 174 Å². The van der Waals surface area contributed by atoms with Crippen molar-refractivity contribution in [2.24, 2.45) is 10.4 Å². The van der Waals surface area contributed by atoms with Gasteiger partial charge in [-0.15, -0.1) is 29.8 Å². The normalized spacial score (nSPS) is 19.7. The van der Waals surface area contributed by atoms with Crippen LogP contribution in [0.3, 0.4) is 0 Å². The zero-order valence-corrected chi connectivity index (χ0v) is 42.8. The summed E-state index contributed by atoms with van der Waals surface area (Å²) in [4.78, 5) is 10.4. The van der Waals surface area contributed by atoms with Gasteiger partial charge in [-0.2, -0.15) is 0 Å². The van der Waals surface area contributed by atoms with Crippen LogP contribution in [-0.4, -0.2) is 21.0 Å². The van der Waals surface area contributed by atoms with Gasteiger partial charge in [-0.25, -0.2) is 4.98 Å². The van der Waals surface area contributed by atoms with Crippen LogP contribution in [0.4, 0.5) is 0 Å². The van der Waals surface area contributed by atoms with Crippen LogP contribution in [0.15, 0.2) is 84.0 Å². The Bertz CT molecular complexity index is 3150. The van der Waals surface area contributed by atoms with Gasteiger partial charge in [-0.05, 0) is 122 Å². The molecule has 0 fully saturated rings. The quantitative estimate of drug-likeness (QED) is 0.161. The molecule has 0 saturated carbocycles. The monoisotopic (exact) mass is 1030 g/mol. The maximum absolute atomic E-state index is 9.79. The maximum Gasteiger partial charge on any atom is 2.00 e. The van der Waals surface area contributed by atoms with E-state index in [9.17, 15) is 2.74 Å². The second-order valence-corrected chi connectivity index (χ2v) is 21.7. The van der Waals surface area contributed by atoms with Gasteiger partial charge in [0, 0.05) is 48.6 Å². The maximum atomic E-state index is 9.79. The van der Waals surface area contributed by atoms with Crippen LogP contribution >= 0.6 is 0 Å². The zero-order valence-electron chi connectivity index (χ0n) is 42.5. The number of ether oxygens (including phenoxy) is 2. The first-order valence-corrected chi connectivity index (χ1v) is 22.4. The van der Waals surface area contributed by atoms with Gasteiger partial charge in [0.15, 0.2) is 5.60 Å². The Morgan fingerprint density at radius 2 is 1.36 bits per heavy atom. The number of aliphatic imine (C=N–C) groups is 1. The first-order valence-electron chi connectivity index (χ1n) is 23.4. The van der Waals surface area contributed by atoms with Crippen molar-refractivity contribution in [3.63, 3.8) is 0 Å². The van der Waals surface area contributed by atoms with E-state index in [-0.39, 0.29) is 31.9 Å². The van der Waals surface area contributed by atoms with Crippen LogP contribution < -0.4 is 4.74 Å². The van der Waals surface area contributed by atoms with Crippen LogP contribution in [0, 0.1) is 59.1 Å². The standard InChI is InChI=1S/C58H63N3O2.Pt/c1-33-19-37(5)51(38(6)20-33)39-24-40(53-60-57(16)31-41-22-35(3)36(4)23-49(41)58(57,63-53)56(13,14)15)26-45(25-39)62-46-28-43(55(10,11)12)27-44(30-46)61-50-18-17-42(54(7,8)9)29-47(50)48-21-34(2)32-59-52(48)61;/h17-25,27-29,32H,31H2,1-16H3;/q-2;+2/t57-,58-;/m1./s1/i31D2;. The summed E-state index contributed by atoms with van der Waals surface area (Å²) in [5, 5.41) is 2.25. The molecule has 1 aliphatic carbocycles. The molecule has 2 atom stereocenters. The van der Waals surface area contributed by atoms with Crippen molar-refractivity contribution in [3.05, 3.63) is 152 Å². The molecule has 2 aliphatic rings. The van der Waals surface area contributed by atoms with Crippen LogP contribution in [0.2, 0.25) is 0 Å². The molecule has 5 aromatic carbocycles. The van der Waals surface area contributed by atoms with Crippen LogP contribution in [0.5, 0.6) is 11.5 Å². The van der Waals surface area contributed by atoms with E-state index >= 15 is 0 Å². The van der Waals surface area contributed by atoms with Gasteiger partial charge in [0.05, 0.1) is 11.1 Å². The molecular formula is C58H63N3O2Pt. The van der Waals surface area contributed by atoms with E-state index in [4.69, 9.17) is 19.5 Å². The minimum atomic E-state index is -1.83. The summed E-state index contributed by atoms with van der Waals surface area (Å²) in [7, 11) is 0. The Morgan fingerprint density at radius 1 is 0.703 bits per heavy atom. The van der Waals surface area contributed by atoms with Crippen molar-refractivity contribution in [1.29, 1.82) is 0 Å². The van der Waals surface area contributed by atoms with E-state index in [1.54, 1.807) is 0 Å². The number of benzene rings is 5. The van der Waals surface area contributed by atoms with Crippen molar-refractivity contribution in [2.45, 2.75) is 139 Å². The molecule has 9 rings (SSSR count). The third kappa shape index (κ3) is 7.35. The number of hydrogen-bond donors (Lipinski definition) is 0. The predicted octanol–water partition coefficient (Wildman–Crippen LogP) is 14.7. The van der Waals surface area contributed by atoms with Crippen molar-refractivity contribution in [2.75, 3.05) is 0 Å². The molecule has 0 radical (unpaired) electrons. The van der Waals surface area contributed by atoms with Gasteiger partial charge in [0.25, 0.3) is 0 Å². The molecule has 0 spiro atoms. The smallest absolute Gasteiger partial charge is 0.507 e. The molecule has 1 aliphatic heterocycles. The van der Waals surface area contributed by atoms with Gasteiger partial charge >= 0.3 is 21.1 Å². The van der Waals surface area contributed by atoms with Crippen LogP contribution in [0.25, 0.3) is 38.8 Å². The first-order chi connectivity index (χ1) is 30.1. The number of fused-ring (bicyclic) bond motifs is 6. The topological polar surface area (TPSA) is 48.6 Å². The van der Waals surface area contributed by atoms with E-state index in [0.29, 0.717) is 28.5 Å². The Labute approximate surface area is 398 Å². The molecule has 0 N–H and O–H groups in total. The minimum absolute atomic E-state index is 0. The Balaban J connectivity index is 0.00000592. The average molecular weight is 1030 g/mol. The first kappa shape index (κ1) is 42.9. The second kappa shape index (κ2) is 15.3. The molecule has 7 aromatic rings. The molecule has 6 heteroatoms. The zero-order chi connectivity index (χ0) is 47.1. The molecular weight excluding hydrogens is 966 g/mol. The van der Waals surface area contributed by atoms with E-state index in [1.165, 1.54) is 11.1 Å². The molecule has 0 saturated heterocycles. The summed E-state index contributed by atoms with van der Waals surface area (Å²) in [5.41, 5.74) is 12.7. The van der Waals surface area contributed by atoms with Crippen molar-refractivity contribution in [3.8, 4) is 28.3 Å². The number of nitrogens with zero attached hydrogens (tertiary/aromatic N) is 3. The molecule has 0 unspecified atom stereocenters. The third-order valence-electron chi connectivity index (χ3n) is 13.5. The Hall–Kier alpha value is -4.99. The summed E-state index contributed by atoms with van der Waals surface area (Å²) in [6.45, 7) is 34.3. The molecule has 5 nitrogen and oxygen atoms in total. The molecule has 0 amide bonds. The van der Waals surface area contributed by atoms with E-state index in [1.807, 2.05) is 32.2 Å². The largest absolute Gasteiger partial charge is 2.00 e. The Kier molecular flexibility index (Phi) is 10.3. The average Bonchev–Trinajstić information content (AvgIpc) is 3.74. The SMILES string of the molecule is [2H]C1([2H])c2cc(C)c(C)cc2[C@]2(C(C)(C)C)OC(c3[c-]c(Oc4[c-]c(-n5c6ccc(C(C)(C)C)cc6c6cc(C)cnc65)cc(C(C)(C)C)c4)cc(-c4c(C)cc(C)cc4C)c3)=N[C@]12C.[Pt+2]. The van der Waals surface area contributed by atoms with Crippen LogP contribution in [0.1, 0.15) is 133 Å². The van der Waals surface area contributed by atoms with Gasteiger partial charge in [-0.1, -0.05) is 127 Å². The fraction of sp³-hybridized carbons (Fsp3) is 0.379. The number of aromatic nitrogens is 2. The molecule has 2 aromatic heterocycles. The fourth-order valence-corrected chi connectivity index (χ4v) is 10.3. The van der Waals surface area contributed by atoms with E-state index in [0.717, 1.165) is 77.7 Å². The number of hydrogen-bond acceptors (Lipinski definition) is 4. The number of rotatable bonds is 5. The molecule has 3 heterocycles. The minimum Gasteiger partial charge on any atom is -0.507 e. The van der Waals surface area contributed by atoms with Gasteiger partial charge in [0.1, 0.15) is 11.5 Å². The molecule has 0 bridgehead atoms. The van der Waals surface area contributed by atoms with Gasteiger partial charge in [-0.3, -0.25) is 4.99 Å². The summed E-state index contributed by atoms with van der Waals surface area (Å²) in [6, 6.07) is 33.2. The van der Waals surface area contributed by atoms with Crippen molar-refractivity contribution in [1.82, 2.24) is 9.55 Å². The second-order valence-electron chi connectivity index (χ2n) is 21.7. The molecule has 64 heavy (non-hydrogen) atoms. The number of pyridine rings is 1. The number of aryl methyl sites for hydroxylation is 6. The summed E-state index contributed by atoms with van der Waals surface area (Å²) < 4.78 is 36.2. The van der Waals surface area contributed by atoms with Gasteiger partial charge < -0.3 is 14.0 Å². The van der Waals surface area contributed by atoms with Crippen molar-refractivity contribution >= 4 is 27.8 Å². The third-order valence-corrected chi connectivity index (χ3v) is 13.5. The predicted molar refractivity (Wildman–Crippen MR) is 261 cm³/mol.